The van der Waals surface area contributed by atoms with Crippen molar-refractivity contribution < 1.29 is 9.47 Å². The molecule has 3 aliphatic rings. The van der Waals surface area contributed by atoms with E-state index < -0.39 is 0 Å². The van der Waals surface area contributed by atoms with Crippen LogP contribution in [0.5, 0.6) is 11.5 Å². The molecule has 2 aromatic heterocycles. The smallest absolute Gasteiger partial charge is 0.119 e. The van der Waals surface area contributed by atoms with Gasteiger partial charge in [0.2, 0.25) is 0 Å². The quantitative estimate of drug-likeness (QED) is 0.299. The molecule has 2 fully saturated rings. The van der Waals surface area contributed by atoms with Crippen molar-refractivity contribution in [2.75, 3.05) is 14.2 Å². The van der Waals surface area contributed by atoms with Crippen molar-refractivity contribution in [1.29, 1.82) is 0 Å². The molecule has 4 heteroatoms. The van der Waals surface area contributed by atoms with Gasteiger partial charge >= 0.3 is 0 Å². The number of aromatic nitrogens is 2. The van der Waals surface area contributed by atoms with Crippen molar-refractivity contribution in [1.82, 2.24) is 9.13 Å². The maximum atomic E-state index is 5.74. The van der Waals surface area contributed by atoms with Gasteiger partial charge in [-0.25, -0.2) is 0 Å². The summed E-state index contributed by atoms with van der Waals surface area (Å²) in [5.74, 6) is 3.73. The van der Waals surface area contributed by atoms with Crippen LogP contribution in [0.25, 0.3) is 21.8 Å². The van der Waals surface area contributed by atoms with Crippen molar-refractivity contribution in [2.24, 2.45) is 25.4 Å². The minimum absolute atomic E-state index is 0.298. The van der Waals surface area contributed by atoms with Gasteiger partial charge in [-0.2, -0.15) is 0 Å². The third-order valence-corrected chi connectivity index (χ3v) is 10.2. The Labute approximate surface area is 214 Å². The molecule has 4 nitrogen and oxygen atoms in total. The number of hydrogen-bond acceptors (Lipinski definition) is 2. The van der Waals surface area contributed by atoms with Crippen LogP contribution in [-0.2, 0) is 14.1 Å². The van der Waals surface area contributed by atoms with E-state index >= 15 is 0 Å². The van der Waals surface area contributed by atoms with E-state index in [1.807, 2.05) is 0 Å². The minimum Gasteiger partial charge on any atom is -0.497 e. The van der Waals surface area contributed by atoms with Crippen molar-refractivity contribution in [3.8, 4) is 11.5 Å². The molecule has 0 N–H and O–H groups in total. The van der Waals surface area contributed by atoms with E-state index in [0.717, 1.165) is 17.4 Å². The molecule has 3 aliphatic carbocycles. The molecule has 4 aromatic rings. The van der Waals surface area contributed by atoms with Crippen LogP contribution in [-0.4, -0.2) is 23.4 Å². The van der Waals surface area contributed by atoms with E-state index in [4.69, 9.17) is 9.47 Å². The van der Waals surface area contributed by atoms with E-state index in [1.54, 1.807) is 25.5 Å². The van der Waals surface area contributed by atoms with Gasteiger partial charge in [-0.15, -0.1) is 0 Å². The zero-order chi connectivity index (χ0) is 24.6. The van der Waals surface area contributed by atoms with Gasteiger partial charge in [-0.05, 0) is 90.5 Å². The molecule has 2 aromatic carbocycles. The number of benzene rings is 2. The zero-order valence-electron chi connectivity index (χ0n) is 22.1. The molecule has 36 heavy (non-hydrogen) atoms. The van der Waals surface area contributed by atoms with Gasteiger partial charge in [-0.1, -0.05) is 25.7 Å². The SMILES string of the molecule is COc1ccc2c(c1)c([C@H]1c3c(c4cc(OC)ccc4n3C)[C@H](C3CCCC3)C13CCCC3)cn2C. The van der Waals surface area contributed by atoms with Gasteiger partial charge < -0.3 is 18.6 Å². The van der Waals surface area contributed by atoms with Crippen molar-refractivity contribution >= 4 is 21.8 Å². The Kier molecular flexibility index (Phi) is 5.00. The standard InChI is InChI=1S/C32H38N2O2/c1-33-19-25(23-17-21(35-3)11-13-26(23)33)30-31-28(24-18-22(36-4)12-14-27(24)34(31)2)29(20-9-5-6-10-20)32(30)15-7-8-16-32/h11-14,17-20,29-30H,5-10,15-16H2,1-4H3/t29-,30-/m0/s1. The maximum absolute atomic E-state index is 5.74. The van der Waals surface area contributed by atoms with E-state index in [-0.39, 0.29) is 0 Å². The predicted octanol–water partition coefficient (Wildman–Crippen LogP) is 7.67. The van der Waals surface area contributed by atoms with Gasteiger partial charge in [0.25, 0.3) is 0 Å². The van der Waals surface area contributed by atoms with E-state index in [2.05, 4.69) is 65.8 Å². The normalized spacial score (nSPS) is 23.3. The number of methoxy groups -OCH3 is 2. The van der Waals surface area contributed by atoms with Crippen molar-refractivity contribution in [2.45, 2.75) is 63.2 Å². The van der Waals surface area contributed by atoms with E-state index in [0.29, 0.717) is 17.3 Å². The first-order valence-corrected chi connectivity index (χ1v) is 13.9. The second kappa shape index (κ2) is 8.06. The maximum Gasteiger partial charge on any atom is 0.119 e. The first-order chi connectivity index (χ1) is 17.6. The number of fused-ring (bicyclic) bond motifs is 4. The lowest BCUT2D eigenvalue weighted by Gasteiger charge is -2.41. The third kappa shape index (κ3) is 2.87. The molecule has 0 aliphatic heterocycles. The van der Waals surface area contributed by atoms with E-state index in [9.17, 15) is 0 Å². The molecule has 0 amide bonds. The molecule has 0 unspecified atom stereocenters. The molecule has 2 atom stereocenters. The van der Waals surface area contributed by atoms with Crippen molar-refractivity contribution in [3.63, 3.8) is 0 Å². The summed E-state index contributed by atoms with van der Waals surface area (Å²) >= 11 is 0. The summed E-state index contributed by atoms with van der Waals surface area (Å²) in [5.41, 5.74) is 7.64. The molecule has 0 bridgehead atoms. The van der Waals surface area contributed by atoms with Crippen LogP contribution in [0.3, 0.4) is 0 Å². The minimum atomic E-state index is 0.298. The summed E-state index contributed by atoms with van der Waals surface area (Å²) in [6.45, 7) is 0. The van der Waals surface area contributed by atoms with Gasteiger partial charge in [-0.3, -0.25) is 0 Å². The Morgan fingerprint density at radius 2 is 1.44 bits per heavy atom. The summed E-state index contributed by atoms with van der Waals surface area (Å²) in [7, 11) is 8.09. The van der Waals surface area contributed by atoms with Crippen LogP contribution < -0.4 is 9.47 Å². The summed E-state index contributed by atoms with van der Waals surface area (Å²) < 4.78 is 16.3. The van der Waals surface area contributed by atoms with Crippen LogP contribution in [0.4, 0.5) is 0 Å². The summed E-state index contributed by atoms with van der Waals surface area (Å²) in [6, 6.07) is 13.3. The zero-order valence-corrected chi connectivity index (χ0v) is 22.1. The lowest BCUT2D eigenvalue weighted by molar-refractivity contribution is 0.170. The number of rotatable bonds is 4. The highest BCUT2D eigenvalue weighted by Crippen LogP contribution is 2.70. The Hall–Kier alpha value is -2.88. The fourth-order valence-electron chi connectivity index (χ4n) is 8.86. The second-order valence-electron chi connectivity index (χ2n) is 11.7. The Balaban J connectivity index is 1.57. The molecular formula is C32H38N2O2. The summed E-state index contributed by atoms with van der Waals surface area (Å²) in [4.78, 5) is 0. The third-order valence-electron chi connectivity index (χ3n) is 10.2. The second-order valence-corrected chi connectivity index (χ2v) is 11.7. The van der Waals surface area contributed by atoms with Gasteiger partial charge in [0.15, 0.2) is 0 Å². The number of ether oxygens (including phenoxy) is 2. The number of nitrogens with zero attached hydrogens (tertiary/aromatic N) is 2. The van der Waals surface area contributed by atoms with Gasteiger partial charge in [0.1, 0.15) is 11.5 Å². The first-order valence-electron chi connectivity index (χ1n) is 13.9. The topological polar surface area (TPSA) is 28.3 Å². The van der Waals surface area contributed by atoms with Crippen LogP contribution >= 0.6 is 0 Å². The lowest BCUT2D eigenvalue weighted by Crippen LogP contribution is -2.31. The predicted molar refractivity (Wildman–Crippen MR) is 146 cm³/mol. The average Bonchev–Trinajstić information content (AvgIpc) is 3.72. The Morgan fingerprint density at radius 1 is 0.806 bits per heavy atom. The monoisotopic (exact) mass is 482 g/mol. The summed E-state index contributed by atoms with van der Waals surface area (Å²) in [6.07, 6.45) is 13.3. The Bertz CT molecular complexity index is 1460. The molecule has 188 valence electrons. The van der Waals surface area contributed by atoms with Crippen molar-refractivity contribution in [3.05, 3.63) is 59.4 Å². The summed E-state index contributed by atoms with van der Waals surface area (Å²) in [5, 5.41) is 2.78. The van der Waals surface area contributed by atoms with Gasteiger partial charge in [0, 0.05) is 53.7 Å². The highest BCUT2D eigenvalue weighted by atomic mass is 16.5. The van der Waals surface area contributed by atoms with E-state index in [1.165, 1.54) is 78.7 Å². The molecule has 0 saturated heterocycles. The van der Waals surface area contributed by atoms with Crippen LogP contribution in [0.15, 0.2) is 42.6 Å². The molecule has 7 rings (SSSR count). The van der Waals surface area contributed by atoms with Crippen LogP contribution in [0, 0.1) is 11.3 Å². The van der Waals surface area contributed by atoms with Crippen LogP contribution in [0.2, 0.25) is 0 Å². The molecule has 2 heterocycles. The number of aryl methyl sites for hydroxylation is 2. The van der Waals surface area contributed by atoms with Gasteiger partial charge in [0.05, 0.1) is 14.2 Å². The highest BCUT2D eigenvalue weighted by Gasteiger charge is 2.59. The lowest BCUT2D eigenvalue weighted by atomic mass is 9.62. The average molecular weight is 483 g/mol. The Morgan fingerprint density at radius 3 is 2.11 bits per heavy atom. The largest absolute Gasteiger partial charge is 0.497 e. The fraction of sp³-hybridized carbons (Fsp3) is 0.500. The first kappa shape index (κ1) is 22.3. The molecule has 1 spiro atoms. The highest BCUT2D eigenvalue weighted by molar-refractivity contribution is 5.91. The molecule has 0 radical (unpaired) electrons. The van der Waals surface area contributed by atoms with Crippen LogP contribution in [0.1, 0.15) is 80.0 Å². The number of hydrogen-bond donors (Lipinski definition) is 0. The fourth-order valence-corrected chi connectivity index (χ4v) is 8.86. The molecular weight excluding hydrogens is 444 g/mol. The molecule has 2 saturated carbocycles.